The summed E-state index contributed by atoms with van der Waals surface area (Å²) in [6.07, 6.45) is 1.69. The van der Waals surface area contributed by atoms with Crippen LogP contribution in [-0.4, -0.2) is 63.6 Å². The quantitative estimate of drug-likeness (QED) is 0.300. The van der Waals surface area contributed by atoms with Crippen LogP contribution in [-0.2, 0) is 11.3 Å². The number of guanidine groups is 1. The van der Waals surface area contributed by atoms with Gasteiger partial charge in [-0.3, -0.25) is 4.99 Å². The number of aliphatic hydroxyl groups excluding tert-OH is 1. The minimum atomic E-state index is -0.0200. The SMILES string of the molecule is CN=C(NCc1cc(N(C)C)nc2ccccc12)NCC1(CCO)CCOC1.I. The summed E-state index contributed by atoms with van der Waals surface area (Å²) in [4.78, 5) is 11.1. The molecule has 0 spiro atoms. The van der Waals surface area contributed by atoms with E-state index in [1.807, 2.05) is 37.2 Å². The van der Waals surface area contributed by atoms with E-state index in [-0.39, 0.29) is 36.0 Å². The number of para-hydroxylation sites is 1. The van der Waals surface area contributed by atoms with Crippen LogP contribution in [0.3, 0.4) is 0 Å². The van der Waals surface area contributed by atoms with Gasteiger partial charge in [0.25, 0.3) is 0 Å². The third-order valence-electron chi connectivity index (χ3n) is 5.37. The Morgan fingerprint density at radius 3 is 2.76 bits per heavy atom. The first kappa shape index (κ1) is 23.6. The van der Waals surface area contributed by atoms with Crippen molar-refractivity contribution in [3.63, 3.8) is 0 Å². The topological polar surface area (TPSA) is 82.0 Å². The maximum Gasteiger partial charge on any atom is 0.191 e. The molecule has 1 fully saturated rings. The molecule has 3 N–H and O–H groups in total. The summed E-state index contributed by atoms with van der Waals surface area (Å²) in [6.45, 7) is 2.98. The van der Waals surface area contributed by atoms with Gasteiger partial charge < -0.3 is 25.4 Å². The molecule has 1 atom stereocenters. The number of hydrogen-bond donors (Lipinski definition) is 3. The highest BCUT2D eigenvalue weighted by molar-refractivity contribution is 14.0. The highest BCUT2D eigenvalue weighted by Gasteiger charge is 2.34. The Balaban J connectivity index is 0.00000300. The molecule has 160 valence electrons. The van der Waals surface area contributed by atoms with E-state index in [0.717, 1.165) is 48.7 Å². The van der Waals surface area contributed by atoms with Gasteiger partial charge >= 0.3 is 0 Å². The van der Waals surface area contributed by atoms with Crippen molar-refractivity contribution in [1.29, 1.82) is 0 Å². The lowest BCUT2D eigenvalue weighted by Crippen LogP contribution is -2.44. The maximum atomic E-state index is 9.40. The number of aliphatic imine (C=N–C) groups is 1. The Labute approximate surface area is 190 Å². The first-order valence-electron chi connectivity index (χ1n) is 9.76. The molecule has 2 aromatic rings. The zero-order chi connectivity index (χ0) is 20.0. The van der Waals surface area contributed by atoms with Gasteiger partial charge in [0.15, 0.2) is 5.96 Å². The van der Waals surface area contributed by atoms with Crippen molar-refractivity contribution < 1.29 is 9.84 Å². The summed E-state index contributed by atoms with van der Waals surface area (Å²) in [6, 6.07) is 10.3. The summed E-state index contributed by atoms with van der Waals surface area (Å²) in [7, 11) is 5.77. The molecule has 0 radical (unpaired) electrons. The maximum absolute atomic E-state index is 9.40. The number of rotatable bonds is 7. The van der Waals surface area contributed by atoms with E-state index in [1.54, 1.807) is 7.05 Å². The van der Waals surface area contributed by atoms with Crippen LogP contribution in [0.5, 0.6) is 0 Å². The van der Waals surface area contributed by atoms with Crippen LogP contribution in [0.2, 0.25) is 0 Å². The molecule has 1 aromatic heterocycles. The third-order valence-corrected chi connectivity index (χ3v) is 5.37. The van der Waals surface area contributed by atoms with Crippen LogP contribution in [0.4, 0.5) is 5.82 Å². The average Bonchev–Trinajstić information content (AvgIpc) is 3.16. The Kier molecular flexibility index (Phi) is 8.91. The number of nitrogens with zero attached hydrogens (tertiary/aromatic N) is 3. The van der Waals surface area contributed by atoms with Gasteiger partial charge in [0.1, 0.15) is 5.82 Å². The van der Waals surface area contributed by atoms with E-state index in [1.165, 1.54) is 5.56 Å². The smallest absolute Gasteiger partial charge is 0.191 e. The van der Waals surface area contributed by atoms with Crippen molar-refractivity contribution in [3.05, 3.63) is 35.9 Å². The van der Waals surface area contributed by atoms with Gasteiger partial charge in [-0.2, -0.15) is 0 Å². The fraction of sp³-hybridized carbons (Fsp3) is 0.524. The summed E-state index contributed by atoms with van der Waals surface area (Å²) in [5, 5.41) is 17.4. The standard InChI is InChI=1S/C21H31N5O2.HI/c1-22-20(24-14-21(8-10-27)9-11-28-15-21)23-13-16-12-19(26(2)3)25-18-7-5-4-6-17(16)18;/h4-7,12,27H,8-11,13-15H2,1-3H3,(H2,22,23,24);1H. The Morgan fingerprint density at radius 2 is 2.10 bits per heavy atom. The molecule has 3 rings (SSSR count). The molecule has 29 heavy (non-hydrogen) atoms. The molecule has 1 unspecified atom stereocenters. The molecule has 1 aliphatic heterocycles. The van der Waals surface area contributed by atoms with Gasteiger partial charge in [0.2, 0.25) is 0 Å². The molecule has 0 aliphatic carbocycles. The highest BCUT2D eigenvalue weighted by atomic mass is 127. The summed E-state index contributed by atoms with van der Waals surface area (Å²) in [5.41, 5.74) is 2.14. The van der Waals surface area contributed by atoms with E-state index < -0.39 is 0 Å². The normalized spacial score (nSPS) is 19.1. The van der Waals surface area contributed by atoms with E-state index >= 15 is 0 Å². The van der Waals surface area contributed by atoms with Crippen molar-refractivity contribution in [1.82, 2.24) is 15.6 Å². The molecule has 1 aliphatic rings. The van der Waals surface area contributed by atoms with Crippen molar-refractivity contribution in [3.8, 4) is 0 Å². The second-order valence-electron chi connectivity index (χ2n) is 7.61. The second kappa shape index (κ2) is 10.9. The highest BCUT2D eigenvalue weighted by Crippen LogP contribution is 2.31. The Morgan fingerprint density at radius 1 is 1.31 bits per heavy atom. The second-order valence-corrected chi connectivity index (χ2v) is 7.61. The van der Waals surface area contributed by atoms with E-state index in [0.29, 0.717) is 13.2 Å². The molecule has 0 bridgehead atoms. The number of aromatic nitrogens is 1. The molecular formula is C21H32IN5O2. The summed E-state index contributed by atoms with van der Waals surface area (Å²) < 4.78 is 5.57. The predicted molar refractivity (Wildman–Crippen MR) is 129 cm³/mol. The average molecular weight is 513 g/mol. The Bertz CT molecular complexity index is 822. The van der Waals surface area contributed by atoms with Gasteiger partial charge in [0, 0.05) is 58.2 Å². The van der Waals surface area contributed by atoms with E-state index in [9.17, 15) is 5.11 Å². The van der Waals surface area contributed by atoms with Gasteiger partial charge in [-0.15, -0.1) is 24.0 Å². The number of pyridine rings is 1. The molecule has 1 aromatic carbocycles. The summed E-state index contributed by atoms with van der Waals surface area (Å²) >= 11 is 0. The Hall–Kier alpha value is -1.65. The minimum Gasteiger partial charge on any atom is -0.396 e. The lowest BCUT2D eigenvalue weighted by Gasteiger charge is -2.27. The van der Waals surface area contributed by atoms with E-state index in [2.05, 4.69) is 27.8 Å². The monoisotopic (exact) mass is 513 g/mol. The molecule has 1 saturated heterocycles. The number of halogens is 1. The van der Waals surface area contributed by atoms with Gasteiger partial charge in [-0.1, -0.05) is 18.2 Å². The zero-order valence-corrected chi connectivity index (χ0v) is 19.8. The summed E-state index contributed by atoms with van der Waals surface area (Å²) in [5.74, 6) is 1.68. The van der Waals surface area contributed by atoms with Crippen LogP contribution < -0.4 is 15.5 Å². The van der Waals surface area contributed by atoms with Crippen LogP contribution in [0.1, 0.15) is 18.4 Å². The largest absolute Gasteiger partial charge is 0.396 e. The number of hydrogen-bond acceptors (Lipinski definition) is 5. The van der Waals surface area contributed by atoms with Crippen LogP contribution >= 0.6 is 24.0 Å². The fourth-order valence-electron chi connectivity index (χ4n) is 3.59. The van der Waals surface area contributed by atoms with Crippen LogP contribution in [0.25, 0.3) is 10.9 Å². The number of benzene rings is 1. The predicted octanol–water partition coefficient (Wildman–Crippen LogP) is 2.37. The van der Waals surface area contributed by atoms with Crippen molar-refractivity contribution in [2.45, 2.75) is 19.4 Å². The first-order chi connectivity index (χ1) is 13.6. The molecular weight excluding hydrogens is 481 g/mol. The van der Waals surface area contributed by atoms with Crippen molar-refractivity contribution in [2.24, 2.45) is 10.4 Å². The molecule has 2 heterocycles. The lowest BCUT2D eigenvalue weighted by molar-refractivity contribution is 0.127. The number of aliphatic hydroxyl groups is 1. The van der Waals surface area contributed by atoms with Crippen molar-refractivity contribution >= 4 is 46.7 Å². The zero-order valence-electron chi connectivity index (χ0n) is 17.4. The number of ether oxygens (including phenoxy) is 1. The lowest BCUT2D eigenvalue weighted by atomic mass is 9.84. The number of nitrogens with one attached hydrogen (secondary N) is 2. The first-order valence-corrected chi connectivity index (χ1v) is 9.76. The molecule has 7 nitrogen and oxygen atoms in total. The van der Waals surface area contributed by atoms with Crippen LogP contribution in [0.15, 0.2) is 35.3 Å². The van der Waals surface area contributed by atoms with Crippen LogP contribution in [0, 0.1) is 5.41 Å². The molecule has 0 saturated carbocycles. The number of anilines is 1. The van der Waals surface area contributed by atoms with Gasteiger partial charge in [-0.25, -0.2) is 4.98 Å². The van der Waals surface area contributed by atoms with Gasteiger partial charge in [0.05, 0.1) is 12.1 Å². The minimum absolute atomic E-state index is 0. The van der Waals surface area contributed by atoms with E-state index in [4.69, 9.17) is 9.72 Å². The fourth-order valence-corrected chi connectivity index (χ4v) is 3.59. The third kappa shape index (κ3) is 5.93. The van der Waals surface area contributed by atoms with Crippen molar-refractivity contribution in [2.75, 3.05) is 52.4 Å². The molecule has 0 amide bonds. The van der Waals surface area contributed by atoms with Gasteiger partial charge in [-0.05, 0) is 30.5 Å². The number of fused-ring (bicyclic) bond motifs is 1. The molecule has 8 heteroatoms.